The molecule has 6 heteroatoms. The van der Waals surface area contributed by atoms with Crippen LogP contribution in [0.2, 0.25) is 0 Å². The molecule has 4 N–H and O–H groups in total. The third kappa shape index (κ3) is 4.46. The summed E-state index contributed by atoms with van der Waals surface area (Å²) in [6.45, 7) is 5.42. The smallest absolute Gasteiger partial charge is 0.277 e. The van der Waals surface area contributed by atoms with E-state index in [9.17, 15) is 8.42 Å². The SMILES string of the molecule is CC(C)(C)NS(=O)(=O)NC1CCCC1N. The first-order chi connectivity index (χ1) is 6.70. The van der Waals surface area contributed by atoms with Crippen LogP contribution in [0.3, 0.4) is 0 Å². The van der Waals surface area contributed by atoms with Crippen LogP contribution in [-0.2, 0) is 10.2 Å². The Hall–Kier alpha value is -0.170. The highest BCUT2D eigenvalue weighted by Crippen LogP contribution is 2.17. The molecule has 5 nitrogen and oxygen atoms in total. The second-order valence-electron chi connectivity index (χ2n) is 5.17. The molecule has 0 heterocycles. The minimum atomic E-state index is -3.44. The van der Waals surface area contributed by atoms with Gasteiger partial charge in [0.05, 0.1) is 0 Å². The molecule has 2 unspecified atom stereocenters. The van der Waals surface area contributed by atoms with E-state index in [1.165, 1.54) is 0 Å². The van der Waals surface area contributed by atoms with Gasteiger partial charge in [-0.1, -0.05) is 6.42 Å². The maximum absolute atomic E-state index is 11.7. The van der Waals surface area contributed by atoms with Crippen molar-refractivity contribution < 1.29 is 8.42 Å². The first-order valence-electron chi connectivity index (χ1n) is 5.26. The summed E-state index contributed by atoms with van der Waals surface area (Å²) < 4.78 is 28.5. The van der Waals surface area contributed by atoms with E-state index in [-0.39, 0.29) is 12.1 Å². The van der Waals surface area contributed by atoms with Crippen molar-refractivity contribution in [3.05, 3.63) is 0 Å². The predicted molar refractivity (Wildman–Crippen MR) is 60.6 cm³/mol. The minimum Gasteiger partial charge on any atom is -0.326 e. The summed E-state index contributed by atoms with van der Waals surface area (Å²) in [7, 11) is -3.44. The molecule has 0 aromatic carbocycles. The highest BCUT2D eigenvalue weighted by molar-refractivity contribution is 7.87. The molecule has 0 saturated heterocycles. The van der Waals surface area contributed by atoms with Crippen molar-refractivity contribution in [2.75, 3.05) is 0 Å². The van der Waals surface area contributed by atoms with Crippen molar-refractivity contribution in [2.45, 2.75) is 57.7 Å². The zero-order chi connectivity index (χ0) is 11.7. The highest BCUT2D eigenvalue weighted by atomic mass is 32.2. The average Bonchev–Trinajstić information content (AvgIpc) is 2.29. The van der Waals surface area contributed by atoms with Crippen LogP contribution >= 0.6 is 0 Å². The Morgan fingerprint density at radius 3 is 2.27 bits per heavy atom. The lowest BCUT2D eigenvalue weighted by molar-refractivity contribution is 0.466. The molecule has 0 radical (unpaired) electrons. The van der Waals surface area contributed by atoms with Crippen LogP contribution in [0.4, 0.5) is 0 Å². The topological polar surface area (TPSA) is 84.2 Å². The zero-order valence-corrected chi connectivity index (χ0v) is 10.4. The van der Waals surface area contributed by atoms with Crippen LogP contribution in [0.1, 0.15) is 40.0 Å². The predicted octanol–water partition coefficient (Wildman–Crippen LogP) is 0.0887. The van der Waals surface area contributed by atoms with E-state index in [4.69, 9.17) is 5.73 Å². The monoisotopic (exact) mass is 235 g/mol. The van der Waals surface area contributed by atoms with Crippen LogP contribution in [0.5, 0.6) is 0 Å². The van der Waals surface area contributed by atoms with Crippen LogP contribution in [0, 0.1) is 0 Å². The molecule has 0 aromatic heterocycles. The third-order valence-electron chi connectivity index (χ3n) is 2.32. The average molecular weight is 235 g/mol. The summed E-state index contributed by atoms with van der Waals surface area (Å²) in [5.41, 5.74) is 5.33. The van der Waals surface area contributed by atoms with Gasteiger partial charge < -0.3 is 5.73 Å². The zero-order valence-electron chi connectivity index (χ0n) is 9.58. The minimum absolute atomic E-state index is 0.0541. The maximum Gasteiger partial charge on any atom is 0.277 e. The standard InChI is InChI=1S/C9H21N3O2S/c1-9(2,3)12-15(13,14)11-8-6-4-5-7(8)10/h7-8,11-12H,4-6,10H2,1-3H3. The number of nitrogens with two attached hydrogens (primary N) is 1. The lowest BCUT2D eigenvalue weighted by Gasteiger charge is -2.24. The molecule has 1 aliphatic carbocycles. The molecule has 1 rings (SSSR count). The van der Waals surface area contributed by atoms with E-state index < -0.39 is 15.7 Å². The van der Waals surface area contributed by atoms with Gasteiger partial charge in [-0.05, 0) is 33.6 Å². The van der Waals surface area contributed by atoms with Crippen molar-refractivity contribution in [1.29, 1.82) is 0 Å². The summed E-state index contributed by atoms with van der Waals surface area (Å²) in [5.74, 6) is 0. The Morgan fingerprint density at radius 1 is 1.27 bits per heavy atom. The molecule has 0 aromatic rings. The molecule has 0 amide bonds. The van der Waals surface area contributed by atoms with Gasteiger partial charge in [0.1, 0.15) is 0 Å². The second-order valence-corrected chi connectivity index (χ2v) is 6.62. The lowest BCUT2D eigenvalue weighted by Crippen LogP contribution is -2.52. The Morgan fingerprint density at radius 2 is 1.87 bits per heavy atom. The largest absolute Gasteiger partial charge is 0.326 e. The number of nitrogens with one attached hydrogen (secondary N) is 2. The molecule has 2 atom stereocenters. The number of rotatable bonds is 3. The van der Waals surface area contributed by atoms with Crippen molar-refractivity contribution >= 4 is 10.2 Å². The Kier molecular flexibility index (Phi) is 3.76. The maximum atomic E-state index is 11.7. The fourth-order valence-corrected chi connectivity index (χ4v) is 3.32. The van der Waals surface area contributed by atoms with Gasteiger partial charge in [0.15, 0.2) is 0 Å². The van der Waals surface area contributed by atoms with Crippen molar-refractivity contribution in [1.82, 2.24) is 9.44 Å². The normalized spacial score (nSPS) is 28.3. The van der Waals surface area contributed by atoms with Gasteiger partial charge in [0, 0.05) is 17.6 Å². The van der Waals surface area contributed by atoms with Gasteiger partial charge in [0.2, 0.25) is 0 Å². The van der Waals surface area contributed by atoms with Gasteiger partial charge in [-0.3, -0.25) is 0 Å². The quantitative estimate of drug-likeness (QED) is 0.648. The fraction of sp³-hybridized carbons (Fsp3) is 1.00. The van der Waals surface area contributed by atoms with Gasteiger partial charge in [0.25, 0.3) is 10.2 Å². The summed E-state index contributed by atoms with van der Waals surface area (Å²) in [5, 5.41) is 0. The molecule has 0 spiro atoms. The molecule has 90 valence electrons. The van der Waals surface area contributed by atoms with Crippen LogP contribution in [0.15, 0.2) is 0 Å². The summed E-state index contributed by atoms with van der Waals surface area (Å²) in [6, 6.07) is -0.175. The second kappa shape index (κ2) is 4.37. The molecule has 1 fully saturated rings. The summed E-state index contributed by atoms with van der Waals surface area (Å²) >= 11 is 0. The van der Waals surface area contributed by atoms with Crippen molar-refractivity contribution in [3.63, 3.8) is 0 Å². The fourth-order valence-electron chi connectivity index (χ4n) is 1.77. The molecule has 0 bridgehead atoms. The van der Waals surface area contributed by atoms with Gasteiger partial charge in [-0.15, -0.1) is 0 Å². The molecular formula is C9H21N3O2S. The van der Waals surface area contributed by atoms with Crippen molar-refractivity contribution in [2.24, 2.45) is 5.73 Å². The number of hydrogen-bond acceptors (Lipinski definition) is 3. The van der Waals surface area contributed by atoms with E-state index in [0.29, 0.717) is 0 Å². The highest BCUT2D eigenvalue weighted by Gasteiger charge is 2.29. The van der Waals surface area contributed by atoms with Crippen LogP contribution < -0.4 is 15.2 Å². The van der Waals surface area contributed by atoms with Crippen molar-refractivity contribution in [3.8, 4) is 0 Å². The van der Waals surface area contributed by atoms with Crippen LogP contribution in [0.25, 0.3) is 0 Å². The van der Waals surface area contributed by atoms with E-state index in [2.05, 4.69) is 9.44 Å². The van der Waals surface area contributed by atoms with Gasteiger partial charge >= 0.3 is 0 Å². The van der Waals surface area contributed by atoms with E-state index in [1.54, 1.807) is 20.8 Å². The molecule has 0 aliphatic heterocycles. The lowest BCUT2D eigenvalue weighted by atomic mass is 10.1. The van der Waals surface area contributed by atoms with E-state index >= 15 is 0 Å². The molecule has 1 aliphatic rings. The summed E-state index contributed by atoms with van der Waals surface area (Å²) in [6.07, 6.45) is 2.71. The Labute approximate surface area is 92.0 Å². The Balaban J connectivity index is 2.57. The molecular weight excluding hydrogens is 214 g/mol. The Bertz CT molecular complexity index is 308. The third-order valence-corrected chi connectivity index (χ3v) is 3.81. The van der Waals surface area contributed by atoms with E-state index in [0.717, 1.165) is 19.3 Å². The first-order valence-corrected chi connectivity index (χ1v) is 6.75. The molecule has 15 heavy (non-hydrogen) atoms. The van der Waals surface area contributed by atoms with Gasteiger partial charge in [-0.25, -0.2) is 0 Å². The van der Waals surface area contributed by atoms with E-state index in [1.807, 2.05) is 0 Å². The number of hydrogen-bond donors (Lipinski definition) is 3. The summed E-state index contributed by atoms with van der Waals surface area (Å²) in [4.78, 5) is 0. The van der Waals surface area contributed by atoms with Crippen LogP contribution in [-0.4, -0.2) is 26.0 Å². The first kappa shape index (κ1) is 12.9. The molecule has 1 saturated carbocycles. The van der Waals surface area contributed by atoms with Gasteiger partial charge in [-0.2, -0.15) is 17.9 Å².